The Bertz CT molecular complexity index is 751. The van der Waals surface area contributed by atoms with Gasteiger partial charge >= 0.3 is 0 Å². The molecule has 2 aromatic heterocycles. The van der Waals surface area contributed by atoms with E-state index in [0.717, 1.165) is 24.2 Å². The third kappa shape index (κ3) is 3.08. The van der Waals surface area contributed by atoms with Crippen LogP contribution in [0.2, 0.25) is 0 Å². The lowest BCUT2D eigenvalue weighted by Crippen LogP contribution is -2.32. The van der Waals surface area contributed by atoms with E-state index in [4.69, 9.17) is 0 Å². The Labute approximate surface area is 134 Å². The smallest absolute Gasteiger partial charge is 0.274 e. The molecule has 1 N–H and O–H groups in total. The van der Waals surface area contributed by atoms with E-state index in [-0.39, 0.29) is 23.2 Å². The van der Waals surface area contributed by atoms with Crippen molar-refractivity contribution in [3.8, 4) is 0 Å². The Balaban J connectivity index is 1.88. The Morgan fingerprint density at radius 3 is 2.87 bits per heavy atom. The van der Waals surface area contributed by atoms with Crippen molar-refractivity contribution < 1.29 is 4.79 Å². The number of anilines is 1. The molecular formula is C16H19N5O2. The van der Waals surface area contributed by atoms with Crippen molar-refractivity contribution >= 4 is 11.7 Å². The topological polar surface area (TPSA) is 82.2 Å². The Hall–Kier alpha value is -2.70. The fourth-order valence-corrected chi connectivity index (χ4v) is 2.85. The predicted octanol–water partition coefficient (Wildman–Crippen LogP) is 1.21. The van der Waals surface area contributed by atoms with Crippen molar-refractivity contribution in [1.29, 1.82) is 0 Å². The summed E-state index contributed by atoms with van der Waals surface area (Å²) >= 11 is 0. The number of amides is 1. The number of hydrogen-bond acceptors (Lipinski definition) is 5. The van der Waals surface area contributed by atoms with E-state index in [1.54, 1.807) is 6.20 Å². The van der Waals surface area contributed by atoms with Crippen molar-refractivity contribution in [2.45, 2.75) is 18.9 Å². The lowest BCUT2D eigenvalue weighted by molar-refractivity contribution is 0.0728. The maximum Gasteiger partial charge on any atom is 0.274 e. The van der Waals surface area contributed by atoms with Crippen LogP contribution in [0.25, 0.3) is 0 Å². The molecule has 1 aliphatic heterocycles. The van der Waals surface area contributed by atoms with Crippen molar-refractivity contribution in [2.24, 2.45) is 0 Å². The van der Waals surface area contributed by atoms with Crippen LogP contribution in [-0.4, -0.2) is 46.6 Å². The average Bonchev–Trinajstić information content (AvgIpc) is 3.04. The Morgan fingerprint density at radius 1 is 1.35 bits per heavy atom. The average molecular weight is 313 g/mol. The number of nitrogens with one attached hydrogen (secondary N) is 1. The molecule has 0 spiro atoms. The molecule has 0 unspecified atom stereocenters. The number of carbonyl (C=O) groups is 1. The van der Waals surface area contributed by atoms with Gasteiger partial charge in [0.05, 0.1) is 6.04 Å². The lowest BCUT2D eigenvalue weighted by Gasteiger charge is -2.25. The molecule has 7 heteroatoms. The monoisotopic (exact) mass is 313 g/mol. The Morgan fingerprint density at radius 2 is 2.17 bits per heavy atom. The highest BCUT2D eigenvalue weighted by Gasteiger charge is 2.31. The van der Waals surface area contributed by atoms with Crippen molar-refractivity contribution in [1.82, 2.24) is 20.1 Å². The second-order valence-corrected chi connectivity index (χ2v) is 5.80. The molecule has 1 atom stereocenters. The molecule has 1 saturated heterocycles. The molecule has 7 nitrogen and oxygen atoms in total. The fourth-order valence-electron chi connectivity index (χ4n) is 2.85. The van der Waals surface area contributed by atoms with E-state index < -0.39 is 0 Å². The highest BCUT2D eigenvalue weighted by atomic mass is 16.2. The molecule has 0 radical (unpaired) electrons. The quantitative estimate of drug-likeness (QED) is 0.921. The summed E-state index contributed by atoms with van der Waals surface area (Å²) < 4.78 is 0. The van der Waals surface area contributed by atoms with Crippen LogP contribution in [0.15, 0.2) is 35.3 Å². The van der Waals surface area contributed by atoms with Gasteiger partial charge in [0, 0.05) is 32.9 Å². The molecule has 0 aliphatic carbocycles. The number of hydrogen-bond donors (Lipinski definition) is 1. The molecule has 23 heavy (non-hydrogen) atoms. The molecule has 1 aliphatic rings. The zero-order chi connectivity index (χ0) is 16.4. The van der Waals surface area contributed by atoms with Gasteiger partial charge in [0.2, 0.25) is 0 Å². The molecule has 2 aromatic rings. The zero-order valence-corrected chi connectivity index (χ0v) is 13.2. The number of nitrogens with zero attached hydrogens (tertiary/aromatic N) is 4. The second-order valence-electron chi connectivity index (χ2n) is 5.80. The van der Waals surface area contributed by atoms with Crippen LogP contribution in [0.4, 0.5) is 5.82 Å². The van der Waals surface area contributed by atoms with E-state index in [2.05, 4.69) is 15.2 Å². The highest BCUT2D eigenvalue weighted by molar-refractivity contribution is 5.92. The SMILES string of the molecule is CN(C)c1cc([C@@H]2CCCN2C(=O)c2ccc(=O)[nH]n2)ccn1. The van der Waals surface area contributed by atoms with Crippen molar-refractivity contribution in [3.05, 3.63) is 52.1 Å². The van der Waals surface area contributed by atoms with Crippen LogP contribution in [0.5, 0.6) is 0 Å². The van der Waals surface area contributed by atoms with Crippen LogP contribution < -0.4 is 10.5 Å². The van der Waals surface area contributed by atoms with Gasteiger partial charge in [-0.2, -0.15) is 5.10 Å². The summed E-state index contributed by atoms with van der Waals surface area (Å²) in [6.07, 6.45) is 3.62. The number of aromatic amines is 1. The van der Waals surface area contributed by atoms with Crippen molar-refractivity contribution in [2.75, 3.05) is 25.5 Å². The molecule has 1 fully saturated rings. The van der Waals surface area contributed by atoms with E-state index in [1.807, 2.05) is 36.0 Å². The summed E-state index contributed by atoms with van der Waals surface area (Å²) in [7, 11) is 3.88. The summed E-state index contributed by atoms with van der Waals surface area (Å²) in [5.41, 5.74) is 1.02. The first-order chi connectivity index (χ1) is 11.1. The molecule has 0 saturated carbocycles. The van der Waals surface area contributed by atoms with Gasteiger partial charge in [-0.1, -0.05) is 0 Å². The van der Waals surface area contributed by atoms with Gasteiger partial charge < -0.3 is 9.80 Å². The van der Waals surface area contributed by atoms with Gasteiger partial charge in [-0.25, -0.2) is 10.1 Å². The molecule has 0 bridgehead atoms. The first kappa shape index (κ1) is 15.2. The first-order valence-corrected chi connectivity index (χ1v) is 7.56. The molecule has 120 valence electrons. The van der Waals surface area contributed by atoms with Crippen LogP contribution in [-0.2, 0) is 0 Å². The number of carbonyl (C=O) groups excluding carboxylic acids is 1. The summed E-state index contributed by atoms with van der Waals surface area (Å²) in [5.74, 6) is 0.705. The fraction of sp³-hybridized carbons (Fsp3) is 0.375. The van der Waals surface area contributed by atoms with Crippen LogP contribution in [0.3, 0.4) is 0 Å². The summed E-state index contributed by atoms with van der Waals surface area (Å²) in [6, 6.07) is 6.76. The van der Waals surface area contributed by atoms with Gasteiger partial charge in [0.15, 0.2) is 0 Å². The summed E-state index contributed by atoms with van der Waals surface area (Å²) in [5, 5.41) is 6.16. The van der Waals surface area contributed by atoms with Crippen LogP contribution >= 0.6 is 0 Å². The number of H-pyrrole nitrogens is 1. The number of pyridine rings is 1. The maximum atomic E-state index is 12.7. The number of aromatic nitrogens is 3. The minimum absolute atomic E-state index is 0.0120. The van der Waals surface area contributed by atoms with E-state index >= 15 is 0 Å². The third-order valence-corrected chi connectivity index (χ3v) is 4.02. The number of rotatable bonds is 3. The van der Waals surface area contributed by atoms with E-state index in [1.165, 1.54) is 12.1 Å². The van der Waals surface area contributed by atoms with Gasteiger partial charge in [-0.05, 0) is 36.6 Å². The highest BCUT2D eigenvalue weighted by Crippen LogP contribution is 2.33. The molecular weight excluding hydrogens is 294 g/mol. The maximum absolute atomic E-state index is 12.7. The predicted molar refractivity (Wildman–Crippen MR) is 86.4 cm³/mol. The largest absolute Gasteiger partial charge is 0.363 e. The van der Waals surface area contributed by atoms with Gasteiger partial charge in [-0.3, -0.25) is 9.59 Å². The second kappa shape index (κ2) is 6.20. The van der Waals surface area contributed by atoms with Gasteiger partial charge in [0.25, 0.3) is 11.5 Å². The van der Waals surface area contributed by atoms with Crippen molar-refractivity contribution in [3.63, 3.8) is 0 Å². The minimum atomic E-state index is -0.315. The zero-order valence-electron chi connectivity index (χ0n) is 13.2. The normalized spacial score (nSPS) is 17.3. The molecule has 3 heterocycles. The molecule has 3 rings (SSSR count). The third-order valence-electron chi connectivity index (χ3n) is 4.02. The summed E-state index contributed by atoms with van der Waals surface area (Å²) in [6.45, 7) is 0.684. The number of likely N-dealkylation sites (tertiary alicyclic amines) is 1. The van der Waals surface area contributed by atoms with Gasteiger partial charge in [-0.15, -0.1) is 0 Å². The Kier molecular flexibility index (Phi) is 4.10. The van der Waals surface area contributed by atoms with Gasteiger partial charge in [0.1, 0.15) is 11.5 Å². The minimum Gasteiger partial charge on any atom is -0.363 e. The lowest BCUT2D eigenvalue weighted by atomic mass is 10.1. The van der Waals surface area contributed by atoms with Crippen LogP contribution in [0, 0.1) is 0 Å². The standard InChI is InChI=1S/C16H19N5O2/c1-20(2)14-10-11(7-8-17-14)13-4-3-9-21(13)16(23)12-5-6-15(22)19-18-12/h5-8,10,13H,3-4,9H2,1-2H3,(H,19,22)/t13-/m0/s1. The molecule has 0 aromatic carbocycles. The molecule has 1 amide bonds. The summed E-state index contributed by atoms with van der Waals surface area (Å²) in [4.78, 5) is 31.8. The van der Waals surface area contributed by atoms with E-state index in [0.29, 0.717) is 6.54 Å². The van der Waals surface area contributed by atoms with Crippen LogP contribution in [0.1, 0.15) is 34.9 Å². The first-order valence-electron chi connectivity index (χ1n) is 7.56. The van der Waals surface area contributed by atoms with E-state index in [9.17, 15) is 9.59 Å².